The van der Waals surface area contributed by atoms with E-state index in [1.165, 1.54) is 10.9 Å². The summed E-state index contributed by atoms with van der Waals surface area (Å²) in [6.07, 6.45) is 1.35. The van der Waals surface area contributed by atoms with E-state index in [2.05, 4.69) is 32.3 Å². The van der Waals surface area contributed by atoms with Gasteiger partial charge in [0.15, 0.2) is 0 Å². The van der Waals surface area contributed by atoms with Crippen LogP contribution in [0.15, 0.2) is 35.6 Å². The Kier molecular flexibility index (Phi) is 3.83. The third kappa shape index (κ3) is 2.78. The molecule has 1 heterocycles. The summed E-state index contributed by atoms with van der Waals surface area (Å²) in [6, 6.07) is 7.01. The van der Waals surface area contributed by atoms with Gasteiger partial charge in [0.25, 0.3) is 10.0 Å². The van der Waals surface area contributed by atoms with Gasteiger partial charge < -0.3 is 4.57 Å². The van der Waals surface area contributed by atoms with E-state index in [1.807, 2.05) is 6.07 Å². The molecule has 1 aromatic carbocycles. The van der Waals surface area contributed by atoms with Crippen LogP contribution >= 0.6 is 34.2 Å². The summed E-state index contributed by atoms with van der Waals surface area (Å²) in [7, 11) is -2.13. The quantitative estimate of drug-likeness (QED) is 0.809. The maximum absolute atomic E-state index is 12.1. The number of aromatic nitrogens is 2. The fraction of sp³-hybridized carbons (Fsp3) is 0.100. The van der Waals surface area contributed by atoms with Crippen molar-refractivity contribution in [2.75, 3.05) is 4.72 Å². The monoisotopic (exact) mass is 397 g/mol. The number of nitrogens with zero attached hydrogens (tertiary/aromatic N) is 2. The lowest BCUT2D eigenvalue weighted by Gasteiger charge is -2.06. The second kappa shape index (κ2) is 5.06. The number of rotatable bonds is 3. The summed E-state index contributed by atoms with van der Waals surface area (Å²) in [5.41, 5.74) is 0.476. The molecule has 0 saturated carbocycles. The molecule has 0 spiro atoms. The zero-order valence-corrected chi connectivity index (χ0v) is 13.0. The average molecular weight is 398 g/mol. The lowest BCUT2D eigenvalue weighted by molar-refractivity contribution is 0.598. The number of halogens is 2. The summed E-state index contributed by atoms with van der Waals surface area (Å²) in [6.45, 7) is 0. The number of hydrogen-bond donors (Lipinski definition) is 1. The van der Waals surface area contributed by atoms with E-state index in [0.717, 1.165) is 3.57 Å². The van der Waals surface area contributed by atoms with Crippen molar-refractivity contribution in [3.05, 3.63) is 39.3 Å². The summed E-state index contributed by atoms with van der Waals surface area (Å²) in [5.74, 6) is 0. The predicted octanol–water partition coefficient (Wildman–Crippen LogP) is 2.48. The van der Waals surface area contributed by atoms with Gasteiger partial charge in [-0.3, -0.25) is 4.72 Å². The van der Waals surface area contributed by atoms with Crippen molar-refractivity contribution >= 4 is 49.9 Å². The predicted molar refractivity (Wildman–Crippen MR) is 78.2 cm³/mol. The number of aryl methyl sites for hydroxylation is 1. The van der Waals surface area contributed by atoms with Gasteiger partial charge in [-0.1, -0.05) is 17.7 Å². The molecule has 0 aliphatic heterocycles. The van der Waals surface area contributed by atoms with Crippen LogP contribution < -0.4 is 4.72 Å². The molecule has 0 bridgehead atoms. The van der Waals surface area contributed by atoms with Crippen molar-refractivity contribution in [2.45, 2.75) is 5.03 Å². The van der Waals surface area contributed by atoms with Crippen LogP contribution in [0.25, 0.3) is 0 Å². The van der Waals surface area contributed by atoms with E-state index in [-0.39, 0.29) is 10.2 Å². The zero-order valence-electron chi connectivity index (χ0n) is 9.26. The summed E-state index contributed by atoms with van der Waals surface area (Å²) >= 11 is 7.97. The number of anilines is 1. The molecule has 0 atom stereocenters. The third-order valence-corrected chi connectivity index (χ3v) is 4.71. The lowest BCUT2D eigenvalue weighted by Crippen LogP contribution is -2.14. The Balaban J connectivity index is 2.36. The van der Waals surface area contributed by atoms with Gasteiger partial charge in [-0.05, 0) is 40.8 Å². The molecule has 0 radical (unpaired) electrons. The molecular weight excluding hydrogens is 389 g/mol. The van der Waals surface area contributed by atoms with Gasteiger partial charge in [0.1, 0.15) is 5.15 Å². The van der Waals surface area contributed by atoms with Gasteiger partial charge in [-0.2, -0.15) is 8.42 Å². The smallest absolute Gasteiger partial charge is 0.282 e. The Hall–Kier alpha value is -0.800. The molecule has 0 fully saturated rings. The molecule has 0 unspecified atom stereocenters. The Labute approximate surface area is 123 Å². The van der Waals surface area contributed by atoms with Crippen LogP contribution in [0, 0.1) is 3.57 Å². The van der Waals surface area contributed by atoms with Crippen molar-refractivity contribution in [1.29, 1.82) is 0 Å². The largest absolute Gasteiger partial charge is 0.324 e. The third-order valence-electron chi connectivity index (χ3n) is 2.17. The van der Waals surface area contributed by atoms with Crippen LogP contribution in [-0.2, 0) is 17.1 Å². The number of benzene rings is 1. The van der Waals surface area contributed by atoms with Gasteiger partial charge in [-0.15, -0.1) is 0 Å². The molecule has 2 aromatic rings. The van der Waals surface area contributed by atoms with Gasteiger partial charge in [-0.25, -0.2) is 4.98 Å². The van der Waals surface area contributed by atoms with Crippen molar-refractivity contribution < 1.29 is 8.42 Å². The van der Waals surface area contributed by atoms with Crippen LogP contribution in [0.1, 0.15) is 0 Å². The maximum atomic E-state index is 12.1. The molecule has 0 saturated heterocycles. The van der Waals surface area contributed by atoms with Crippen molar-refractivity contribution in [3.8, 4) is 0 Å². The molecular formula is C10H9ClIN3O2S. The molecule has 0 aliphatic carbocycles. The second-order valence-corrected chi connectivity index (χ2v) is 6.77. The Morgan fingerprint density at radius 1 is 1.44 bits per heavy atom. The average Bonchev–Trinajstić information content (AvgIpc) is 2.59. The van der Waals surface area contributed by atoms with Crippen molar-refractivity contribution in [3.63, 3.8) is 0 Å². The van der Waals surface area contributed by atoms with Gasteiger partial charge >= 0.3 is 0 Å². The SMILES string of the molecule is Cn1cnc(S(=O)(=O)Nc2cccc(I)c2)c1Cl. The van der Waals surface area contributed by atoms with E-state index in [4.69, 9.17) is 11.6 Å². The number of hydrogen-bond acceptors (Lipinski definition) is 3. The first kappa shape index (κ1) is 13.6. The van der Waals surface area contributed by atoms with Crippen molar-refractivity contribution in [2.24, 2.45) is 7.05 Å². The first-order valence-corrected chi connectivity index (χ1v) is 7.79. The van der Waals surface area contributed by atoms with Crippen LogP contribution in [0.4, 0.5) is 5.69 Å². The summed E-state index contributed by atoms with van der Waals surface area (Å²) in [4.78, 5) is 3.78. The maximum Gasteiger partial charge on any atom is 0.282 e. The highest BCUT2D eigenvalue weighted by molar-refractivity contribution is 14.1. The molecule has 96 valence electrons. The second-order valence-electron chi connectivity index (χ2n) is 3.57. The van der Waals surface area contributed by atoms with Gasteiger partial charge in [0, 0.05) is 16.3 Å². The molecule has 0 aliphatic rings. The summed E-state index contributed by atoms with van der Waals surface area (Å²) in [5, 5.41) is -0.0985. The van der Waals surface area contributed by atoms with Gasteiger partial charge in [0.05, 0.1) is 6.33 Å². The fourth-order valence-electron chi connectivity index (χ4n) is 1.33. The summed E-state index contributed by atoms with van der Waals surface area (Å²) < 4.78 is 28.9. The molecule has 5 nitrogen and oxygen atoms in total. The normalized spacial score (nSPS) is 11.5. The van der Waals surface area contributed by atoms with Crippen LogP contribution in [0.2, 0.25) is 5.15 Å². The standard InChI is InChI=1S/C10H9ClIN3O2S/c1-15-6-13-10(9(15)11)18(16,17)14-8-4-2-3-7(12)5-8/h2-6,14H,1H3. The molecule has 8 heteroatoms. The van der Waals surface area contributed by atoms with Crippen LogP contribution in [0.5, 0.6) is 0 Å². The lowest BCUT2D eigenvalue weighted by atomic mass is 10.3. The van der Waals surface area contributed by atoms with Crippen LogP contribution in [-0.4, -0.2) is 18.0 Å². The highest BCUT2D eigenvalue weighted by Gasteiger charge is 2.22. The van der Waals surface area contributed by atoms with Gasteiger partial charge in [0.2, 0.25) is 5.03 Å². The minimum absolute atomic E-state index is 0.0770. The number of nitrogens with one attached hydrogen (secondary N) is 1. The first-order chi connectivity index (χ1) is 8.40. The Morgan fingerprint density at radius 3 is 2.72 bits per heavy atom. The first-order valence-electron chi connectivity index (χ1n) is 4.85. The van der Waals surface area contributed by atoms with E-state index >= 15 is 0 Å². The highest BCUT2D eigenvalue weighted by atomic mass is 127. The Morgan fingerprint density at radius 2 is 2.17 bits per heavy atom. The van der Waals surface area contributed by atoms with E-state index in [9.17, 15) is 8.42 Å². The topological polar surface area (TPSA) is 64.0 Å². The molecule has 18 heavy (non-hydrogen) atoms. The Bertz CT molecular complexity index is 684. The minimum Gasteiger partial charge on any atom is -0.324 e. The number of imidazole rings is 1. The minimum atomic E-state index is -3.76. The molecule has 1 N–H and O–H groups in total. The molecule has 2 rings (SSSR count). The highest BCUT2D eigenvalue weighted by Crippen LogP contribution is 2.22. The molecule has 0 amide bonds. The van der Waals surface area contributed by atoms with E-state index in [1.54, 1.807) is 25.2 Å². The van der Waals surface area contributed by atoms with Crippen molar-refractivity contribution in [1.82, 2.24) is 9.55 Å². The van der Waals surface area contributed by atoms with Crippen LogP contribution in [0.3, 0.4) is 0 Å². The molecule has 1 aromatic heterocycles. The zero-order chi connectivity index (χ0) is 13.3. The van der Waals surface area contributed by atoms with E-state index < -0.39 is 10.0 Å². The fourth-order valence-corrected chi connectivity index (χ4v) is 3.36. The van der Waals surface area contributed by atoms with E-state index in [0.29, 0.717) is 5.69 Å². The number of sulfonamides is 1.